The predicted octanol–water partition coefficient (Wildman–Crippen LogP) is 5.17. The fourth-order valence-electron chi connectivity index (χ4n) is 3.70. The molecule has 4 rings (SSSR count). The van der Waals surface area contributed by atoms with Gasteiger partial charge in [-0.3, -0.25) is 4.79 Å². The largest absolute Gasteiger partial charge is 0.494 e. The van der Waals surface area contributed by atoms with Crippen molar-refractivity contribution in [1.29, 1.82) is 0 Å². The number of rotatable bonds is 10. The lowest BCUT2D eigenvalue weighted by Crippen LogP contribution is -2.32. The smallest absolute Gasteiger partial charge is 0.267 e. The first-order valence-electron chi connectivity index (χ1n) is 12.0. The molecular weight excluding hydrogens is 430 g/mol. The standard InChI is InChI=1S/C27H33N3O4/c1-19(2)14-16-32-22-11-12-23-24(18-22)29-25(28-23)17-21-8-6-20(7-9-21)10-13-26(31)30-34-27-5-3-4-15-33-27/h6-13,18-19,27H,3-5,14-17H2,1-2H3,(H,28,29)(H,30,31). The second kappa shape index (κ2) is 11.8. The minimum Gasteiger partial charge on any atom is -0.494 e. The molecule has 34 heavy (non-hydrogen) atoms. The number of H-pyrrole nitrogens is 1. The van der Waals surface area contributed by atoms with Crippen LogP contribution >= 0.6 is 0 Å². The summed E-state index contributed by atoms with van der Waals surface area (Å²) in [6.45, 7) is 5.77. The molecule has 180 valence electrons. The van der Waals surface area contributed by atoms with Crippen LogP contribution in [0.1, 0.15) is 56.5 Å². The summed E-state index contributed by atoms with van der Waals surface area (Å²) in [6, 6.07) is 14.0. The minimum atomic E-state index is -0.354. The molecule has 7 heteroatoms. The van der Waals surface area contributed by atoms with Gasteiger partial charge in [0.15, 0.2) is 6.29 Å². The van der Waals surface area contributed by atoms with Gasteiger partial charge < -0.3 is 14.5 Å². The molecule has 0 radical (unpaired) electrons. The van der Waals surface area contributed by atoms with Gasteiger partial charge in [-0.15, -0.1) is 0 Å². The van der Waals surface area contributed by atoms with Crippen molar-refractivity contribution < 1.29 is 19.1 Å². The molecule has 7 nitrogen and oxygen atoms in total. The number of benzene rings is 2. The summed E-state index contributed by atoms with van der Waals surface area (Å²) in [5.74, 6) is 2.07. The summed E-state index contributed by atoms with van der Waals surface area (Å²) in [7, 11) is 0. The number of imidazole rings is 1. The van der Waals surface area contributed by atoms with Crippen molar-refractivity contribution >= 4 is 23.0 Å². The van der Waals surface area contributed by atoms with Gasteiger partial charge in [0.2, 0.25) is 0 Å². The molecule has 1 fully saturated rings. The molecule has 0 aliphatic carbocycles. The first-order chi connectivity index (χ1) is 16.5. The van der Waals surface area contributed by atoms with Crippen LogP contribution in [0, 0.1) is 5.92 Å². The Hall–Kier alpha value is -3.16. The molecule has 1 atom stereocenters. The van der Waals surface area contributed by atoms with Gasteiger partial charge in [0, 0.05) is 31.6 Å². The lowest BCUT2D eigenvalue weighted by atomic mass is 10.1. The molecular formula is C27H33N3O4. The van der Waals surface area contributed by atoms with Gasteiger partial charge >= 0.3 is 0 Å². The molecule has 2 heterocycles. The van der Waals surface area contributed by atoms with Crippen LogP contribution in [0.25, 0.3) is 17.1 Å². The Morgan fingerprint density at radius 3 is 2.85 bits per heavy atom. The number of carbonyl (C=O) groups is 1. The Balaban J connectivity index is 1.28. The highest BCUT2D eigenvalue weighted by Gasteiger charge is 2.15. The number of aromatic amines is 1. The summed E-state index contributed by atoms with van der Waals surface area (Å²) in [5, 5.41) is 0. The number of aromatic nitrogens is 2. The van der Waals surface area contributed by atoms with Crippen LogP contribution in [0.5, 0.6) is 5.75 Å². The van der Waals surface area contributed by atoms with Crippen LogP contribution < -0.4 is 10.2 Å². The molecule has 3 aromatic rings. The van der Waals surface area contributed by atoms with E-state index in [-0.39, 0.29) is 12.2 Å². The molecule has 2 N–H and O–H groups in total. The quantitative estimate of drug-likeness (QED) is 0.320. The molecule has 1 amide bonds. The molecule has 2 aromatic carbocycles. The SMILES string of the molecule is CC(C)CCOc1ccc2nc(Cc3ccc(C=CC(=O)NOC4CCCCO4)cc3)[nH]c2c1. The van der Waals surface area contributed by atoms with Crippen molar-refractivity contribution in [3.05, 3.63) is 65.5 Å². The van der Waals surface area contributed by atoms with E-state index in [1.54, 1.807) is 6.08 Å². The predicted molar refractivity (Wildman–Crippen MR) is 132 cm³/mol. The lowest BCUT2D eigenvalue weighted by Gasteiger charge is -2.21. The van der Waals surface area contributed by atoms with E-state index in [4.69, 9.17) is 19.3 Å². The fraction of sp³-hybridized carbons (Fsp3) is 0.407. The maximum atomic E-state index is 12.0. The molecule has 0 saturated carbocycles. The van der Waals surface area contributed by atoms with Crippen molar-refractivity contribution in [3.8, 4) is 5.75 Å². The third kappa shape index (κ3) is 7.17. The van der Waals surface area contributed by atoms with Crippen molar-refractivity contribution in [1.82, 2.24) is 15.4 Å². The van der Waals surface area contributed by atoms with E-state index < -0.39 is 0 Å². The number of fused-ring (bicyclic) bond motifs is 1. The summed E-state index contributed by atoms with van der Waals surface area (Å²) >= 11 is 0. The van der Waals surface area contributed by atoms with Crippen LogP contribution in [0.15, 0.2) is 48.5 Å². The Labute approximate surface area is 200 Å². The minimum absolute atomic E-state index is 0.312. The highest BCUT2D eigenvalue weighted by molar-refractivity contribution is 5.90. The van der Waals surface area contributed by atoms with E-state index in [0.717, 1.165) is 59.4 Å². The normalized spacial score (nSPS) is 16.4. The number of hydrogen-bond acceptors (Lipinski definition) is 5. The second-order valence-electron chi connectivity index (χ2n) is 9.03. The molecule has 0 bridgehead atoms. The maximum absolute atomic E-state index is 12.0. The third-order valence-corrected chi connectivity index (χ3v) is 5.67. The average molecular weight is 464 g/mol. The second-order valence-corrected chi connectivity index (χ2v) is 9.03. The summed E-state index contributed by atoms with van der Waals surface area (Å²) < 4.78 is 11.3. The number of hydroxylamine groups is 1. The van der Waals surface area contributed by atoms with Crippen LogP contribution in [-0.2, 0) is 20.8 Å². The van der Waals surface area contributed by atoms with Crippen molar-refractivity contribution in [2.75, 3.05) is 13.2 Å². The number of hydrogen-bond donors (Lipinski definition) is 2. The maximum Gasteiger partial charge on any atom is 0.267 e. The lowest BCUT2D eigenvalue weighted by molar-refractivity contribution is -0.198. The topological polar surface area (TPSA) is 85.5 Å². The molecule has 1 saturated heterocycles. The van der Waals surface area contributed by atoms with Crippen LogP contribution in [0.2, 0.25) is 0 Å². The van der Waals surface area contributed by atoms with E-state index >= 15 is 0 Å². The number of nitrogens with zero attached hydrogens (tertiary/aromatic N) is 1. The zero-order valence-electron chi connectivity index (χ0n) is 19.9. The number of amides is 1. The monoisotopic (exact) mass is 463 g/mol. The number of nitrogens with one attached hydrogen (secondary N) is 2. The fourth-order valence-corrected chi connectivity index (χ4v) is 3.70. The van der Waals surface area contributed by atoms with E-state index in [1.807, 2.05) is 42.5 Å². The summed E-state index contributed by atoms with van der Waals surface area (Å²) in [5.41, 5.74) is 6.39. The zero-order chi connectivity index (χ0) is 23.8. The van der Waals surface area contributed by atoms with Gasteiger partial charge in [-0.05, 0) is 54.5 Å². The van der Waals surface area contributed by atoms with Gasteiger partial charge in [-0.1, -0.05) is 38.1 Å². The zero-order valence-corrected chi connectivity index (χ0v) is 19.9. The van der Waals surface area contributed by atoms with Gasteiger partial charge in [0.1, 0.15) is 11.6 Å². The van der Waals surface area contributed by atoms with Gasteiger partial charge in [-0.2, -0.15) is 0 Å². The molecule has 1 aromatic heterocycles. The number of ether oxygens (including phenoxy) is 2. The van der Waals surface area contributed by atoms with E-state index in [0.29, 0.717) is 25.6 Å². The Morgan fingerprint density at radius 1 is 1.24 bits per heavy atom. The van der Waals surface area contributed by atoms with Crippen LogP contribution in [0.4, 0.5) is 0 Å². The van der Waals surface area contributed by atoms with E-state index in [1.165, 1.54) is 6.08 Å². The van der Waals surface area contributed by atoms with Crippen LogP contribution in [0.3, 0.4) is 0 Å². The first-order valence-corrected chi connectivity index (χ1v) is 12.0. The Bertz CT molecular complexity index is 1100. The molecule has 0 spiro atoms. The molecule has 1 aliphatic rings. The van der Waals surface area contributed by atoms with E-state index in [2.05, 4.69) is 24.3 Å². The molecule has 1 unspecified atom stereocenters. The third-order valence-electron chi connectivity index (χ3n) is 5.67. The van der Waals surface area contributed by atoms with Gasteiger partial charge in [0.05, 0.1) is 17.6 Å². The van der Waals surface area contributed by atoms with Gasteiger partial charge in [-0.25, -0.2) is 15.3 Å². The summed E-state index contributed by atoms with van der Waals surface area (Å²) in [4.78, 5) is 25.3. The highest BCUT2D eigenvalue weighted by Crippen LogP contribution is 2.21. The molecule has 1 aliphatic heterocycles. The van der Waals surface area contributed by atoms with Gasteiger partial charge in [0.25, 0.3) is 5.91 Å². The van der Waals surface area contributed by atoms with Crippen molar-refractivity contribution in [2.45, 2.75) is 52.2 Å². The van der Waals surface area contributed by atoms with Crippen molar-refractivity contribution in [3.63, 3.8) is 0 Å². The number of carbonyl (C=O) groups excluding carboxylic acids is 1. The van der Waals surface area contributed by atoms with E-state index in [9.17, 15) is 4.79 Å². The first kappa shape index (κ1) is 24.0. The van der Waals surface area contributed by atoms with Crippen molar-refractivity contribution in [2.24, 2.45) is 5.92 Å². The Kier molecular flexibility index (Phi) is 8.33. The van der Waals surface area contributed by atoms with Crippen LogP contribution in [-0.4, -0.2) is 35.4 Å². The summed E-state index contributed by atoms with van der Waals surface area (Å²) in [6.07, 6.45) is 7.46. The average Bonchev–Trinajstić information content (AvgIpc) is 3.24. The Morgan fingerprint density at radius 2 is 2.09 bits per heavy atom. The highest BCUT2D eigenvalue weighted by atomic mass is 16.8.